The molecular weight excluding hydrogens is 448 g/mol. The van der Waals surface area contributed by atoms with Gasteiger partial charge in [-0.15, -0.1) is 0 Å². The van der Waals surface area contributed by atoms with E-state index in [1.165, 1.54) is 0 Å². The van der Waals surface area contributed by atoms with Crippen molar-refractivity contribution in [3.8, 4) is 0 Å². The van der Waals surface area contributed by atoms with E-state index in [1.807, 2.05) is 56.4 Å². The van der Waals surface area contributed by atoms with Crippen LogP contribution in [0.4, 0.5) is 0 Å². The molecular formula is C30H26N4O2. The van der Waals surface area contributed by atoms with Crippen LogP contribution in [-0.4, -0.2) is 18.8 Å². The summed E-state index contributed by atoms with van der Waals surface area (Å²) in [4.78, 5) is 34.6. The van der Waals surface area contributed by atoms with Gasteiger partial charge in [0.2, 0.25) is 0 Å². The van der Waals surface area contributed by atoms with Crippen molar-refractivity contribution in [2.75, 3.05) is 0 Å². The average molecular weight is 475 g/mol. The smallest absolute Gasteiger partial charge is 0.264 e. The third-order valence-electron chi connectivity index (χ3n) is 6.87. The number of allylic oxidation sites excluding steroid dienone is 3. The molecule has 178 valence electrons. The van der Waals surface area contributed by atoms with Gasteiger partial charge in [-0.25, -0.2) is 0 Å². The highest BCUT2D eigenvalue weighted by atomic mass is 16.1. The zero-order chi connectivity index (χ0) is 25.1. The lowest BCUT2D eigenvalue weighted by atomic mass is 9.96. The molecule has 2 aromatic carbocycles. The maximum absolute atomic E-state index is 13.9. The van der Waals surface area contributed by atoms with Gasteiger partial charge in [-0.05, 0) is 62.8 Å². The molecule has 0 unspecified atom stereocenters. The number of rotatable bonds is 4. The molecule has 2 N–H and O–H groups in total. The van der Waals surface area contributed by atoms with Gasteiger partial charge in [-0.2, -0.15) is 0 Å². The quantitative estimate of drug-likeness (QED) is 0.364. The van der Waals surface area contributed by atoms with Crippen LogP contribution < -0.4 is 21.8 Å². The van der Waals surface area contributed by atoms with Crippen LogP contribution in [0.2, 0.25) is 0 Å². The first-order chi connectivity index (χ1) is 17.5. The van der Waals surface area contributed by atoms with Gasteiger partial charge in [-0.3, -0.25) is 18.4 Å². The monoisotopic (exact) mass is 474 g/mol. The molecule has 4 heterocycles. The zero-order valence-electron chi connectivity index (χ0n) is 20.5. The molecule has 0 aliphatic heterocycles. The minimum Gasteiger partial charge on any atom is -0.339 e. The number of benzene rings is 2. The molecule has 0 saturated carbocycles. The molecule has 0 amide bonds. The Morgan fingerprint density at radius 2 is 1.42 bits per heavy atom. The van der Waals surface area contributed by atoms with Crippen LogP contribution in [0.3, 0.4) is 0 Å². The fraction of sp³-hybridized carbons (Fsp3) is 0.133. The Bertz CT molecular complexity index is 2160. The standard InChI is InChI=1S/C30H26N4O2/c1-5-9-21-23(11-7-3)33-27(31-21)17-13-14-18-26-20(16-15-19(25(17)26)29(33)35)30(36)34-24(12-8-4)22(10-6-2)32-28(18)34/h6-16,31-32H,3,5H2,1-2,4H3/b10-6-,12-8-,21-9+,23-11+. The van der Waals surface area contributed by atoms with Crippen LogP contribution in [0.15, 0.2) is 58.7 Å². The number of nitrogens with zero attached hydrogens (tertiary/aromatic N) is 2. The number of aromatic amines is 2. The molecule has 6 nitrogen and oxygen atoms in total. The lowest BCUT2D eigenvalue weighted by molar-refractivity contribution is 1.09. The summed E-state index contributed by atoms with van der Waals surface area (Å²) in [5, 5.41) is 6.23. The number of fused-ring (bicyclic) bond motifs is 4. The molecule has 6 aromatic rings. The van der Waals surface area contributed by atoms with Crippen molar-refractivity contribution >= 4 is 67.9 Å². The van der Waals surface area contributed by atoms with E-state index in [0.717, 1.165) is 55.7 Å². The number of hydrogen-bond donors (Lipinski definition) is 2. The highest BCUT2D eigenvalue weighted by Gasteiger charge is 2.21. The van der Waals surface area contributed by atoms with Gasteiger partial charge in [-0.1, -0.05) is 37.8 Å². The Morgan fingerprint density at radius 1 is 0.833 bits per heavy atom. The SMILES string of the molecule is C=C/C=c1\c(=C/CC)[nH]c2c3ccc4c5c(ccc(c(=O)n12)c35)c(=O)n1c(/C=C\C)c(/C=C\C)[nH]c41. The maximum atomic E-state index is 13.9. The van der Waals surface area contributed by atoms with E-state index in [-0.39, 0.29) is 11.1 Å². The molecule has 0 spiro atoms. The summed E-state index contributed by atoms with van der Waals surface area (Å²) in [6.45, 7) is 9.79. The number of H-pyrrole nitrogens is 2. The highest BCUT2D eigenvalue weighted by molar-refractivity contribution is 6.27. The van der Waals surface area contributed by atoms with Crippen molar-refractivity contribution in [2.45, 2.75) is 27.2 Å². The summed E-state index contributed by atoms with van der Waals surface area (Å²) in [5.74, 6) is 0. The highest BCUT2D eigenvalue weighted by Crippen LogP contribution is 2.35. The van der Waals surface area contributed by atoms with Gasteiger partial charge in [0.25, 0.3) is 11.1 Å². The Hall–Kier alpha value is -4.58. The number of hydrogen-bond acceptors (Lipinski definition) is 2. The molecule has 36 heavy (non-hydrogen) atoms. The van der Waals surface area contributed by atoms with Crippen molar-refractivity contribution in [3.05, 3.63) is 91.9 Å². The van der Waals surface area contributed by atoms with E-state index in [1.54, 1.807) is 27.0 Å². The molecule has 0 saturated heterocycles. The fourth-order valence-corrected chi connectivity index (χ4v) is 5.51. The van der Waals surface area contributed by atoms with Crippen molar-refractivity contribution in [1.29, 1.82) is 0 Å². The lowest BCUT2D eigenvalue weighted by Gasteiger charge is -2.12. The minimum absolute atomic E-state index is 0.112. The second-order valence-electron chi connectivity index (χ2n) is 8.91. The lowest BCUT2D eigenvalue weighted by Crippen LogP contribution is -2.32. The molecule has 4 aromatic heterocycles. The summed E-state index contributed by atoms with van der Waals surface area (Å²) >= 11 is 0. The van der Waals surface area contributed by atoms with E-state index in [2.05, 4.69) is 29.5 Å². The van der Waals surface area contributed by atoms with E-state index in [0.29, 0.717) is 16.4 Å². The van der Waals surface area contributed by atoms with Gasteiger partial charge in [0, 0.05) is 32.3 Å². The van der Waals surface area contributed by atoms with E-state index in [9.17, 15) is 9.59 Å². The molecule has 6 heteroatoms. The zero-order valence-corrected chi connectivity index (χ0v) is 20.5. The normalized spacial score (nSPS) is 14.0. The van der Waals surface area contributed by atoms with Crippen LogP contribution in [0.5, 0.6) is 0 Å². The molecule has 0 aliphatic rings. The third-order valence-corrected chi connectivity index (χ3v) is 6.87. The van der Waals surface area contributed by atoms with Gasteiger partial charge in [0.15, 0.2) is 0 Å². The number of pyridine rings is 2. The van der Waals surface area contributed by atoms with Crippen LogP contribution in [0.1, 0.15) is 38.6 Å². The summed E-state index contributed by atoms with van der Waals surface area (Å²) in [6.07, 6.45) is 14.2. The molecule has 0 radical (unpaired) electrons. The van der Waals surface area contributed by atoms with Gasteiger partial charge < -0.3 is 9.97 Å². The van der Waals surface area contributed by atoms with Crippen LogP contribution in [0, 0.1) is 0 Å². The topological polar surface area (TPSA) is 74.5 Å². The third kappa shape index (κ3) is 2.72. The molecule has 6 rings (SSSR count). The first-order valence-electron chi connectivity index (χ1n) is 12.2. The number of aromatic nitrogens is 4. The maximum Gasteiger partial charge on any atom is 0.264 e. The second-order valence-corrected chi connectivity index (χ2v) is 8.91. The van der Waals surface area contributed by atoms with E-state index >= 15 is 0 Å². The molecule has 0 bridgehead atoms. The first-order valence-corrected chi connectivity index (χ1v) is 12.2. The minimum atomic E-state index is -0.122. The Morgan fingerprint density at radius 3 is 2.00 bits per heavy atom. The largest absolute Gasteiger partial charge is 0.339 e. The number of nitrogens with one attached hydrogen (secondary N) is 2. The molecule has 0 atom stereocenters. The van der Waals surface area contributed by atoms with Gasteiger partial charge >= 0.3 is 0 Å². The van der Waals surface area contributed by atoms with Crippen LogP contribution >= 0.6 is 0 Å². The van der Waals surface area contributed by atoms with Crippen molar-refractivity contribution < 1.29 is 0 Å². The summed E-state index contributed by atoms with van der Waals surface area (Å²) in [6, 6.07) is 7.66. The second kappa shape index (κ2) is 7.99. The Balaban J connectivity index is 1.93. The average Bonchev–Trinajstić information content (AvgIpc) is 3.41. The molecule has 0 fully saturated rings. The van der Waals surface area contributed by atoms with Crippen molar-refractivity contribution in [2.24, 2.45) is 0 Å². The number of imidazole rings is 2. The fourth-order valence-electron chi connectivity index (χ4n) is 5.51. The van der Waals surface area contributed by atoms with Gasteiger partial charge in [0.05, 0.1) is 22.1 Å². The predicted molar refractivity (Wildman–Crippen MR) is 151 cm³/mol. The van der Waals surface area contributed by atoms with Crippen LogP contribution in [0.25, 0.3) is 67.9 Å². The first kappa shape index (κ1) is 21.9. The van der Waals surface area contributed by atoms with Crippen molar-refractivity contribution in [3.63, 3.8) is 0 Å². The van der Waals surface area contributed by atoms with Crippen molar-refractivity contribution in [1.82, 2.24) is 18.8 Å². The van der Waals surface area contributed by atoms with E-state index < -0.39 is 0 Å². The van der Waals surface area contributed by atoms with E-state index in [4.69, 9.17) is 0 Å². The van der Waals surface area contributed by atoms with Gasteiger partial charge in [0.1, 0.15) is 11.3 Å². The summed E-state index contributed by atoms with van der Waals surface area (Å²) in [7, 11) is 0. The Labute approximate surface area is 205 Å². The summed E-state index contributed by atoms with van der Waals surface area (Å²) in [5.41, 5.74) is 2.86. The molecule has 0 aliphatic carbocycles. The van der Waals surface area contributed by atoms with Crippen LogP contribution in [-0.2, 0) is 0 Å². The Kier molecular flexibility index (Phi) is 4.86. The summed E-state index contributed by atoms with van der Waals surface area (Å²) < 4.78 is 3.45. The predicted octanol–water partition coefficient (Wildman–Crippen LogP) is 4.69.